The Bertz CT molecular complexity index is 2690. The molecule has 0 bridgehead atoms. The SMILES string of the molecule is C=C/C=C\C(=C)C(=C)/C=C\C(=C)c1ccccccc(C(=C)/C=C2\C(=C)C(C)(C)c3c2ccc2ccc4c5ccccc5oc4c32)c2ccccc12. The summed E-state index contributed by atoms with van der Waals surface area (Å²) in [6.07, 6.45) is 11.6. The third-order valence-corrected chi connectivity index (χ3v) is 10.2. The third-order valence-electron chi connectivity index (χ3n) is 10.2. The standard InChI is InChI=1S/C51H42O/c1-9-10-19-33(2)34(3)26-27-35(4)39-20-13-11-12-14-21-40(42-23-16-15-22-41(39)42)36(5)32-46-37(6)51(7,8)49-44(46)30-28-38-29-31-45-43-24-17-18-25-47(43)52-50(45)48(38)49/h9-32H,1-6H2,7-8H3/b12-11?,13-11?,14-12?,19-10-,20-13?,21-14?,27-26-,39-20?,40-21?,41-39?,42-40?,46-32+. The summed E-state index contributed by atoms with van der Waals surface area (Å²) < 4.78 is 6.58. The highest BCUT2D eigenvalue weighted by atomic mass is 16.3. The normalized spacial score (nSPS) is 14.4. The summed E-state index contributed by atoms with van der Waals surface area (Å²) in [6.45, 7) is 30.5. The molecule has 252 valence electrons. The van der Waals surface area contributed by atoms with Crippen molar-refractivity contribution < 1.29 is 4.42 Å². The molecule has 0 saturated heterocycles. The minimum atomic E-state index is -0.335. The molecule has 1 nitrogen and oxygen atoms in total. The molecule has 1 aliphatic rings. The molecule has 0 spiro atoms. The number of fused-ring (bicyclic) bond motifs is 8. The van der Waals surface area contributed by atoms with Gasteiger partial charge in [-0.2, -0.15) is 0 Å². The first-order valence-electron chi connectivity index (χ1n) is 17.5. The fourth-order valence-electron chi connectivity index (χ4n) is 7.35. The fraction of sp³-hybridized carbons (Fsp3) is 0.0588. The molecule has 0 aliphatic heterocycles. The molecule has 0 saturated carbocycles. The van der Waals surface area contributed by atoms with Crippen molar-refractivity contribution in [2.75, 3.05) is 0 Å². The zero-order valence-electron chi connectivity index (χ0n) is 30.0. The van der Waals surface area contributed by atoms with Crippen LogP contribution in [0.5, 0.6) is 0 Å². The number of hydrogen-bond acceptors (Lipinski definition) is 1. The summed E-state index contributed by atoms with van der Waals surface area (Å²) in [7, 11) is 0. The molecule has 0 fully saturated rings. The Morgan fingerprint density at radius 3 is 1.90 bits per heavy atom. The molecule has 0 unspecified atom stereocenters. The van der Waals surface area contributed by atoms with Gasteiger partial charge in [0.05, 0.1) is 0 Å². The van der Waals surface area contributed by atoms with Gasteiger partial charge >= 0.3 is 0 Å². The lowest BCUT2D eigenvalue weighted by molar-refractivity contribution is 0.658. The molecule has 1 aromatic heterocycles. The van der Waals surface area contributed by atoms with Gasteiger partial charge in [-0.1, -0.05) is 181 Å². The van der Waals surface area contributed by atoms with Gasteiger partial charge < -0.3 is 4.42 Å². The monoisotopic (exact) mass is 670 g/mol. The van der Waals surface area contributed by atoms with Crippen molar-refractivity contribution in [1.29, 1.82) is 0 Å². The van der Waals surface area contributed by atoms with Gasteiger partial charge in [0, 0.05) is 21.6 Å². The zero-order chi connectivity index (χ0) is 36.6. The van der Waals surface area contributed by atoms with Crippen molar-refractivity contribution in [2.45, 2.75) is 19.3 Å². The van der Waals surface area contributed by atoms with Crippen LogP contribution in [0, 0.1) is 0 Å². The molecule has 0 N–H and O–H groups in total. The van der Waals surface area contributed by atoms with Crippen LogP contribution in [0.2, 0.25) is 0 Å². The van der Waals surface area contributed by atoms with E-state index in [4.69, 9.17) is 11.0 Å². The molecule has 1 aliphatic carbocycles. The molecule has 1 heteroatoms. The van der Waals surface area contributed by atoms with Crippen molar-refractivity contribution in [3.8, 4) is 0 Å². The molecule has 0 radical (unpaired) electrons. The van der Waals surface area contributed by atoms with E-state index in [0.717, 1.165) is 93.6 Å². The van der Waals surface area contributed by atoms with E-state index in [1.807, 2.05) is 54.6 Å². The molecule has 0 atom stereocenters. The molecule has 52 heavy (non-hydrogen) atoms. The van der Waals surface area contributed by atoms with Crippen LogP contribution >= 0.6 is 0 Å². The smallest absolute Gasteiger partial charge is 0.143 e. The Morgan fingerprint density at radius 2 is 1.21 bits per heavy atom. The Balaban J connectivity index is 1.39. The molecule has 7 rings (SSSR count). The van der Waals surface area contributed by atoms with Crippen LogP contribution in [0.1, 0.15) is 36.1 Å². The van der Waals surface area contributed by atoms with Crippen molar-refractivity contribution in [3.63, 3.8) is 0 Å². The zero-order valence-corrected chi connectivity index (χ0v) is 30.0. The second kappa shape index (κ2) is 13.7. The maximum atomic E-state index is 6.58. The van der Waals surface area contributed by atoms with E-state index >= 15 is 0 Å². The van der Waals surface area contributed by atoms with E-state index in [0.29, 0.717) is 0 Å². The first-order valence-corrected chi connectivity index (χ1v) is 17.5. The summed E-state index contributed by atoms with van der Waals surface area (Å²) in [5.74, 6) is 0. The first kappa shape index (κ1) is 34.0. The number of furan rings is 1. The predicted octanol–water partition coefficient (Wildman–Crippen LogP) is 14.4. The van der Waals surface area contributed by atoms with E-state index in [2.05, 4.69) is 132 Å². The van der Waals surface area contributed by atoms with Crippen LogP contribution in [-0.2, 0) is 5.41 Å². The van der Waals surface area contributed by atoms with Gasteiger partial charge in [0.25, 0.3) is 0 Å². The van der Waals surface area contributed by atoms with Crippen LogP contribution in [-0.4, -0.2) is 0 Å². The van der Waals surface area contributed by atoms with Crippen molar-refractivity contribution in [3.05, 3.63) is 224 Å². The van der Waals surface area contributed by atoms with Crippen molar-refractivity contribution >= 4 is 60.2 Å². The third kappa shape index (κ3) is 5.91. The van der Waals surface area contributed by atoms with Gasteiger partial charge in [-0.3, -0.25) is 0 Å². The molecular formula is C51H42O. The van der Waals surface area contributed by atoms with E-state index in [1.54, 1.807) is 6.08 Å². The minimum Gasteiger partial charge on any atom is -0.455 e. The lowest BCUT2D eigenvalue weighted by atomic mass is 9.80. The fourth-order valence-corrected chi connectivity index (χ4v) is 7.35. The van der Waals surface area contributed by atoms with Gasteiger partial charge in [-0.05, 0) is 90.1 Å². The molecule has 0 amide bonds. The summed E-state index contributed by atoms with van der Waals surface area (Å²) in [4.78, 5) is 0. The maximum Gasteiger partial charge on any atom is 0.143 e. The summed E-state index contributed by atoms with van der Waals surface area (Å²) in [5.41, 5.74) is 11.4. The van der Waals surface area contributed by atoms with E-state index in [-0.39, 0.29) is 5.41 Å². The minimum absolute atomic E-state index is 0.335. The van der Waals surface area contributed by atoms with Gasteiger partial charge in [0.2, 0.25) is 0 Å². The lowest BCUT2D eigenvalue weighted by Gasteiger charge is -2.22. The van der Waals surface area contributed by atoms with E-state index < -0.39 is 0 Å². The predicted molar refractivity (Wildman–Crippen MR) is 228 cm³/mol. The Kier molecular flexibility index (Phi) is 8.97. The van der Waals surface area contributed by atoms with Crippen LogP contribution in [0.25, 0.3) is 60.2 Å². The van der Waals surface area contributed by atoms with Gasteiger partial charge in [0.15, 0.2) is 0 Å². The Morgan fingerprint density at radius 1 is 0.615 bits per heavy atom. The van der Waals surface area contributed by atoms with Gasteiger partial charge in [-0.15, -0.1) is 0 Å². The van der Waals surface area contributed by atoms with Crippen LogP contribution in [0.4, 0.5) is 0 Å². The number of allylic oxidation sites excluding steroid dienone is 12. The number of benzene rings is 4. The average Bonchev–Trinajstić information content (AvgIpc) is 3.62. The second-order valence-corrected chi connectivity index (χ2v) is 13.8. The number of hydrogen-bond donors (Lipinski definition) is 0. The summed E-state index contributed by atoms with van der Waals surface area (Å²) >= 11 is 0. The summed E-state index contributed by atoms with van der Waals surface area (Å²) in [6, 6.07) is 38.0. The van der Waals surface area contributed by atoms with Gasteiger partial charge in [-0.25, -0.2) is 0 Å². The quantitative estimate of drug-likeness (QED) is 0.147. The maximum absolute atomic E-state index is 6.58. The second-order valence-electron chi connectivity index (χ2n) is 13.8. The Labute approximate surface area is 307 Å². The topological polar surface area (TPSA) is 13.1 Å². The van der Waals surface area contributed by atoms with Crippen LogP contribution in [0.3, 0.4) is 0 Å². The lowest BCUT2D eigenvalue weighted by Crippen LogP contribution is -2.15. The molecule has 5 aromatic carbocycles. The number of para-hydroxylation sites is 1. The molecule has 6 aromatic rings. The average molecular weight is 671 g/mol. The Hall–Kier alpha value is -6.44. The number of rotatable bonds is 8. The highest BCUT2D eigenvalue weighted by Crippen LogP contribution is 2.53. The molecule has 1 heterocycles. The highest BCUT2D eigenvalue weighted by Gasteiger charge is 2.39. The van der Waals surface area contributed by atoms with E-state index in [9.17, 15) is 0 Å². The van der Waals surface area contributed by atoms with Crippen molar-refractivity contribution in [2.24, 2.45) is 0 Å². The van der Waals surface area contributed by atoms with Gasteiger partial charge in [0.1, 0.15) is 11.2 Å². The van der Waals surface area contributed by atoms with E-state index in [1.165, 1.54) is 5.56 Å². The molecular weight excluding hydrogens is 629 g/mol. The largest absolute Gasteiger partial charge is 0.455 e. The summed E-state index contributed by atoms with van der Waals surface area (Å²) in [5, 5.41) is 6.68. The van der Waals surface area contributed by atoms with Crippen LogP contribution in [0.15, 0.2) is 206 Å². The first-order chi connectivity index (χ1) is 25.1. The van der Waals surface area contributed by atoms with Crippen LogP contribution < -0.4 is 0 Å². The van der Waals surface area contributed by atoms with Crippen molar-refractivity contribution in [1.82, 2.24) is 0 Å². The highest BCUT2D eigenvalue weighted by molar-refractivity contribution is 6.18.